The molecule has 9 nitrogen and oxygen atoms in total. The lowest BCUT2D eigenvalue weighted by Gasteiger charge is -2.18. The smallest absolute Gasteiger partial charge is 0.257 e. The number of nitrogens with zero attached hydrogens (tertiary/aromatic N) is 6. The number of tetrazole rings is 1. The average molecular weight is 326 g/mol. The predicted molar refractivity (Wildman–Crippen MR) is 85.3 cm³/mol. The zero-order chi connectivity index (χ0) is 16.8. The number of aromatic nitrogens is 7. The molecule has 2 N–H and O–H groups in total. The molecule has 9 heteroatoms. The molecule has 0 spiro atoms. The Bertz CT molecular complexity index is 768. The number of carbonyl (C=O) groups is 1. The van der Waals surface area contributed by atoms with E-state index in [-0.39, 0.29) is 11.9 Å². The second-order valence-corrected chi connectivity index (χ2v) is 5.34. The van der Waals surface area contributed by atoms with Gasteiger partial charge in [0.1, 0.15) is 11.9 Å². The van der Waals surface area contributed by atoms with Gasteiger partial charge in [-0.3, -0.25) is 14.9 Å². The van der Waals surface area contributed by atoms with Crippen molar-refractivity contribution in [3.8, 4) is 5.82 Å². The van der Waals surface area contributed by atoms with Gasteiger partial charge < -0.3 is 5.32 Å². The Kier molecular flexibility index (Phi) is 4.90. The van der Waals surface area contributed by atoms with Crippen molar-refractivity contribution < 1.29 is 4.79 Å². The third-order valence-corrected chi connectivity index (χ3v) is 3.68. The van der Waals surface area contributed by atoms with Gasteiger partial charge in [0.2, 0.25) is 0 Å². The summed E-state index contributed by atoms with van der Waals surface area (Å²) in [5.74, 6) is 0.192. The summed E-state index contributed by atoms with van der Waals surface area (Å²) in [6.45, 7) is 2.12. The standard InChI is InChI=1S/C15H18N8O/c1-2-3-6-13(11-5-4-7-16-8-11)19-15(24)12-9-17-20-14(12)23-10-18-21-22-23/h4-5,7-10,13H,2-3,6H2,1H3,(H,17,20)(H,19,24)/t13-/m0/s1. The van der Waals surface area contributed by atoms with Crippen LogP contribution < -0.4 is 5.32 Å². The number of hydrogen-bond acceptors (Lipinski definition) is 6. The van der Waals surface area contributed by atoms with E-state index in [0.29, 0.717) is 11.4 Å². The molecule has 0 bridgehead atoms. The van der Waals surface area contributed by atoms with Crippen LogP contribution in [0.1, 0.15) is 48.1 Å². The molecule has 0 radical (unpaired) electrons. The highest BCUT2D eigenvalue weighted by atomic mass is 16.1. The number of carbonyl (C=O) groups excluding carboxylic acids is 1. The molecule has 3 aromatic rings. The van der Waals surface area contributed by atoms with Crippen LogP contribution in [0.5, 0.6) is 0 Å². The van der Waals surface area contributed by atoms with Crippen LogP contribution in [-0.2, 0) is 0 Å². The van der Waals surface area contributed by atoms with E-state index in [1.165, 1.54) is 17.2 Å². The van der Waals surface area contributed by atoms with Crippen molar-refractivity contribution in [3.05, 3.63) is 48.2 Å². The van der Waals surface area contributed by atoms with Crippen LogP contribution in [0.3, 0.4) is 0 Å². The quantitative estimate of drug-likeness (QED) is 0.679. The number of nitrogens with one attached hydrogen (secondary N) is 2. The molecule has 0 aliphatic carbocycles. The number of unbranched alkanes of at least 4 members (excludes halogenated alkanes) is 1. The maximum Gasteiger partial charge on any atom is 0.257 e. The molecule has 0 unspecified atom stereocenters. The second-order valence-electron chi connectivity index (χ2n) is 5.34. The van der Waals surface area contributed by atoms with E-state index in [1.54, 1.807) is 12.4 Å². The molecule has 0 aromatic carbocycles. The lowest BCUT2D eigenvalue weighted by Crippen LogP contribution is -2.29. The van der Waals surface area contributed by atoms with E-state index in [2.05, 4.69) is 42.9 Å². The van der Waals surface area contributed by atoms with Gasteiger partial charge in [0, 0.05) is 12.4 Å². The first-order valence-electron chi connectivity index (χ1n) is 7.77. The molecule has 124 valence electrons. The van der Waals surface area contributed by atoms with Crippen molar-refractivity contribution in [1.29, 1.82) is 0 Å². The first-order valence-corrected chi connectivity index (χ1v) is 7.77. The molecule has 0 saturated carbocycles. The molecule has 24 heavy (non-hydrogen) atoms. The highest BCUT2D eigenvalue weighted by Gasteiger charge is 2.20. The summed E-state index contributed by atoms with van der Waals surface area (Å²) in [6, 6.07) is 3.72. The SMILES string of the molecule is CCCC[C@H](NC(=O)c1cn[nH]c1-n1cnnn1)c1cccnc1. The molecule has 0 saturated heterocycles. The summed E-state index contributed by atoms with van der Waals surface area (Å²) >= 11 is 0. The summed E-state index contributed by atoms with van der Waals surface area (Å²) < 4.78 is 1.37. The molecule has 0 aliphatic heterocycles. The van der Waals surface area contributed by atoms with Gasteiger partial charge in [-0.15, -0.1) is 5.10 Å². The Morgan fingerprint density at radius 1 is 1.42 bits per heavy atom. The number of rotatable bonds is 7. The Labute approximate surface area is 138 Å². The summed E-state index contributed by atoms with van der Waals surface area (Å²) in [5, 5.41) is 20.6. The first kappa shape index (κ1) is 15.8. The fourth-order valence-corrected chi connectivity index (χ4v) is 2.43. The number of H-pyrrole nitrogens is 1. The summed E-state index contributed by atoms with van der Waals surface area (Å²) in [4.78, 5) is 16.8. The highest BCUT2D eigenvalue weighted by molar-refractivity contribution is 5.97. The molecule has 0 fully saturated rings. The number of aromatic amines is 1. The van der Waals surface area contributed by atoms with Gasteiger partial charge in [0.05, 0.1) is 12.2 Å². The van der Waals surface area contributed by atoms with Gasteiger partial charge in [-0.05, 0) is 28.5 Å². The second kappa shape index (κ2) is 7.44. The van der Waals surface area contributed by atoms with Crippen LogP contribution in [0.4, 0.5) is 0 Å². The van der Waals surface area contributed by atoms with Gasteiger partial charge >= 0.3 is 0 Å². The van der Waals surface area contributed by atoms with Crippen LogP contribution in [0.15, 0.2) is 37.1 Å². The van der Waals surface area contributed by atoms with E-state index < -0.39 is 0 Å². The van der Waals surface area contributed by atoms with Crippen LogP contribution >= 0.6 is 0 Å². The van der Waals surface area contributed by atoms with E-state index in [1.807, 2.05) is 12.1 Å². The van der Waals surface area contributed by atoms with Gasteiger partial charge in [-0.2, -0.15) is 9.78 Å². The monoisotopic (exact) mass is 326 g/mol. The molecule has 1 amide bonds. The number of amides is 1. The first-order chi connectivity index (χ1) is 11.8. The third kappa shape index (κ3) is 3.45. The molecular formula is C15H18N8O. The Hall–Kier alpha value is -3.10. The summed E-state index contributed by atoms with van der Waals surface area (Å²) in [5.41, 5.74) is 1.36. The molecule has 1 atom stereocenters. The van der Waals surface area contributed by atoms with Crippen molar-refractivity contribution in [1.82, 2.24) is 40.7 Å². The lowest BCUT2D eigenvalue weighted by molar-refractivity contribution is 0.0934. The van der Waals surface area contributed by atoms with Gasteiger partial charge in [0.25, 0.3) is 5.91 Å². The van der Waals surface area contributed by atoms with Gasteiger partial charge in [0.15, 0.2) is 5.82 Å². The molecule has 3 aromatic heterocycles. The summed E-state index contributed by atoms with van der Waals surface area (Å²) in [6.07, 6.45) is 9.25. The Balaban J connectivity index is 1.80. The van der Waals surface area contributed by atoms with Crippen molar-refractivity contribution in [2.24, 2.45) is 0 Å². The maximum absolute atomic E-state index is 12.7. The Morgan fingerprint density at radius 2 is 2.33 bits per heavy atom. The van der Waals surface area contributed by atoms with Crippen LogP contribution in [-0.4, -0.2) is 41.3 Å². The van der Waals surface area contributed by atoms with Gasteiger partial charge in [-0.25, -0.2) is 0 Å². The fraction of sp³-hybridized carbons (Fsp3) is 0.333. The molecular weight excluding hydrogens is 308 g/mol. The maximum atomic E-state index is 12.7. The van der Waals surface area contributed by atoms with Crippen molar-refractivity contribution >= 4 is 5.91 Å². The van der Waals surface area contributed by atoms with Crippen molar-refractivity contribution in [2.75, 3.05) is 0 Å². The van der Waals surface area contributed by atoms with E-state index in [4.69, 9.17) is 0 Å². The van der Waals surface area contributed by atoms with Crippen molar-refractivity contribution in [2.45, 2.75) is 32.2 Å². The van der Waals surface area contributed by atoms with Gasteiger partial charge in [-0.1, -0.05) is 25.8 Å². The van der Waals surface area contributed by atoms with E-state index >= 15 is 0 Å². The van der Waals surface area contributed by atoms with Crippen LogP contribution in [0.2, 0.25) is 0 Å². The van der Waals surface area contributed by atoms with E-state index in [0.717, 1.165) is 24.8 Å². The average Bonchev–Trinajstić information content (AvgIpc) is 3.29. The number of pyridine rings is 1. The molecule has 3 heterocycles. The van der Waals surface area contributed by atoms with Crippen molar-refractivity contribution in [3.63, 3.8) is 0 Å². The molecule has 0 aliphatic rings. The Morgan fingerprint density at radius 3 is 3.04 bits per heavy atom. The third-order valence-electron chi connectivity index (χ3n) is 3.68. The predicted octanol–water partition coefficient (Wildman–Crippen LogP) is 1.44. The number of hydrogen-bond donors (Lipinski definition) is 2. The lowest BCUT2D eigenvalue weighted by atomic mass is 10.0. The molecule has 3 rings (SSSR count). The highest BCUT2D eigenvalue weighted by Crippen LogP contribution is 2.20. The zero-order valence-corrected chi connectivity index (χ0v) is 13.3. The van der Waals surface area contributed by atoms with Crippen LogP contribution in [0, 0.1) is 0 Å². The minimum Gasteiger partial charge on any atom is -0.345 e. The normalized spacial score (nSPS) is 12.0. The van der Waals surface area contributed by atoms with Crippen LogP contribution in [0.25, 0.3) is 5.82 Å². The zero-order valence-electron chi connectivity index (χ0n) is 13.3. The fourth-order valence-electron chi connectivity index (χ4n) is 2.43. The largest absolute Gasteiger partial charge is 0.345 e. The summed E-state index contributed by atoms with van der Waals surface area (Å²) in [7, 11) is 0. The topological polar surface area (TPSA) is 114 Å². The minimum atomic E-state index is -0.237. The van der Waals surface area contributed by atoms with E-state index in [9.17, 15) is 4.79 Å². The minimum absolute atomic E-state index is 0.109.